The van der Waals surface area contributed by atoms with Crippen LogP contribution in [0.2, 0.25) is 0 Å². The minimum Gasteiger partial charge on any atom is -0.495 e. The number of anilines is 1. The van der Waals surface area contributed by atoms with Crippen molar-refractivity contribution < 1.29 is 4.74 Å². The van der Waals surface area contributed by atoms with Crippen LogP contribution < -0.4 is 15.0 Å². The molecule has 3 nitrogen and oxygen atoms in total. The second-order valence-electron chi connectivity index (χ2n) is 4.85. The maximum atomic E-state index is 5.42. The first kappa shape index (κ1) is 12.2. The molecule has 1 saturated heterocycles. The van der Waals surface area contributed by atoms with Gasteiger partial charge in [-0.3, -0.25) is 0 Å². The molecule has 0 amide bonds. The Hall–Kier alpha value is -1.22. The van der Waals surface area contributed by atoms with E-state index in [2.05, 4.69) is 36.3 Å². The number of hydrogen-bond acceptors (Lipinski definition) is 3. The molecule has 1 fully saturated rings. The summed E-state index contributed by atoms with van der Waals surface area (Å²) < 4.78 is 5.42. The van der Waals surface area contributed by atoms with Gasteiger partial charge in [-0.05, 0) is 44.0 Å². The van der Waals surface area contributed by atoms with Crippen molar-refractivity contribution in [2.24, 2.45) is 0 Å². The van der Waals surface area contributed by atoms with Crippen molar-refractivity contribution >= 4 is 5.69 Å². The molecule has 0 aromatic heterocycles. The highest BCUT2D eigenvalue weighted by atomic mass is 16.5. The van der Waals surface area contributed by atoms with Crippen molar-refractivity contribution in [2.75, 3.05) is 32.1 Å². The lowest BCUT2D eigenvalue weighted by Crippen LogP contribution is -2.35. The first-order chi connectivity index (χ1) is 8.20. The second-order valence-corrected chi connectivity index (χ2v) is 4.85. The first-order valence-corrected chi connectivity index (χ1v) is 6.30. The van der Waals surface area contributed by atoms with Gasteiger partial charge in [-0.2, -0.15) is 0 Å². The smallest absolute Gasteiger partial charge is 0.142 e. The molecule has 1 unspecified atom stereocenters. The van der Waals surface area contributed by atoms with Crippen molar-refractivity contribution in [3.05, 3.63) is 23.8 Å². The molecule has 17 heavy (non-hydrogen) atoms. The average molecular weight is 234 g/mol. The van der Waals surface area contributed by atoms with Gasteiger partial charge >= 0.3 is 0 Å². The monoisotopic (exact) mass is 234 g/mol. The SMILES string of the molecule is COc1ccc(C)cc1N(C)CC1CCCN1. The van der Waals surface area contributed by atoms with Crippen molar-refractivity contribution in [1.29, 1.82) is 0 Å². The van der Waals surface area contributed by atoms with Gasteiger partial charge in [0.25, 0.3) is 0 Å². The van der Waals surface area contributed by atoms with E-state index < -0.39 is 0 Å². The Labute approximate surface area is 104 Å². The predicted octanol–water partition coefficient (Wildman–Crippen LogP) is 2.19. The van der Waals surface area contributed by atoms with Crippen molar-refractivity contribution in [2.45, 2.75) is 25.8 Å². The van der Waals surface area contributed by atoms with Crippen LogP contribution in [0.15, 0.2) is 18.2 Å². The number of likely N-dealkylation sites (N-methyl/N-ethyl adjacent to an activating group) is 1. The summed E-state index contributed by atoms with van der Waals surface area (Å²) in [6.45, 7) is 4.31. The summed E-state index contributed by atoms with van der Waals surface area (Å²) in [4.78, 5) is 2.29. The Morgan fingerprint density at radius 1 is 1.47 bits per heavy atom. The normalized spacial score (nSPS) is 19.4. The maximum Gasteiger partial charge on any atom is 0.142 e. The summed E-state index contributed by atoms with van der Waals surface area (Å²) in [5.41, 5.74) is 2.45. The van der Waals surface area contributed by atoms with E-state index in [1.165, 1.54) is 24.1 Å². The molecule has 0 aliphatic carbocycles. The van der Waals surface area contributed by atoms with Gasteiger partial charge in [0.1, 0.15) is 5.75 Å². The number of nitrogens with one attached hydrogen (secondary N) is 1. The van der Waals surface area contributed by atoms with Gasteiger partial charge in [-0.15, -0.1) is 0 Å². The van der Waals surface area contributed by atoms with Crippen LogP contribution in [-0.2, 0) is 0 Å². The third-order valence-corrected chi connectivity index (χ3v) is 3.40. The van der Waals surface area contributed by atoms with Crippen LogP contribution in [0, 0.1) is 6.92 Å². The summed E-state index contributed by atoms with van der Waals surface area (Å²) in [5.74, 6) is 0.955. The third kappa shape index (κ3) is 2.91. The molecule has 1 N–H and O–H groups in total. The lowest BCUT2D eigenvalue weighted by Gasteiger charge is -2.25. The van der Waals surface area contributed by atoms with Gasteiger partial charge < -0.3 is 15.0 Å². The molecule has 1 atom stereocenters. The van der Waals surface area contributed by atoms with Crippen LogP contribution in [0.1, 0.15) is 18.4 Å². The fourth-order valence-corrected chi connectivity index (χ4v) is 2.44. The van der Waals surface area contributed by atoms with E-state index in [0.29, 0.717) is 6.04 Å². The van der Waals surface area contributed by atoms with Gasteiger partial charge in [0, 0.05) is 19.6 Å². The zero-order chi connectivity index (χ0) is 12.3. The lowest BCUT2D eigenvalue weighted by atomic mass is 10.1. The highest BCUT2D eigenvalue weighted by Gasteiger charge is 2.17. The standard InChI is InChI=1S/C14H22N2O/c1-11-6-7-14(17-3)13(9-11)16(2)10-12-5-4-8-15-12/h6-7,9,12,15H,4-5,8,10H2,1-3H3. The largest absolute Gasteiger partial charge is 0.495 e. The zero-order valence-electron chi connectivity index (χ0n) is 11.0. The maximum absolute atomic E-state index is 5.42. The van der Waals surface area contributed by atoms with E-state index in [-0.39, 0.29) is 0 Å². The number of hydrogen-bond donors (Lipinski definition) is 1. The summed E-state index contributed by atoms with van der Waals surface area (Å²) in [7, 11) is 3.87. The topological polar surface area (TPSA) is 24.5 Å². The van der Waals surface area contributed by atoms with Crippen LogP contribution in [0.4, 0.5) is 5.69 Å². The Morgan fingerprint density at radius 2 is 2.29 bits per heavy atom. The minimum absolute atomic E-state index is 0.616. The number of benzene rings is 1. The molecule has 3 heteroatoms. The van der Waals surface area contributed by atoms with Crippen molar-refractivity contribution in [3.8, 4) is 5.75 Å². The zero-order valence-corrected chi connectivity index (χ0v) is 11.0. The summed E-state index contributed by atoms with van der Waals surface area (Å²) in [6.07, 6.45) is 2.57. The number of rotatable bonds is 4. The van der Waals surface area contributed by atoms with Gasteiger partial charge in [0.05, 0.1) is 12.8 Å². The van der Waals surface area contributed by atoms with E-state index in [1.807, 2.05) is 6.07 Å². The fraction of sp³-hybridized carbons (Fsp3) is 0.571. The molecule has 1 aromatic carbocycles. The number of aryl methyl sites for hydroxylation is 1. The number of ether oxygens (including phenoxy) is 1. The molecular weight excluding hydrogens is 212 g/mol. The van der Waals surface area contributed by atoms with Crippen molar-refractivity contribution in [3.63, 3.8) is 0 Å². The Kier molecular flexibility index (Phi) is 3.89. The summed E-state index contributed by atoms with van der Waals surface area (Å²) in [6, 6.07) is 6.94. The Balaban J connectivity index is 2.11. The van der Waals surface area contributed by atoms with Crippen LogP contribution in [0.25, 0.3) is 0 Å². The molecule has 1 aliphatic rings. The van der Waals surface area contributed by atoms with Gasteiger partial charge in [0.15, 0.2) is 0 Å². The van der Waals surface area contributed by atoms with Crippen LogP contribution in [0.5, 0.6) is 5.75 Å². The molecule has 0 saturated carbocycles. The van der Waals surface area contributed by atoms with Crippen LogP contribution in [-0.4, -0.2) is 33.3 Å². The lowest BCUT2D eigenvalue weighted by molar-refractivity contribution is 0.414. The summed E-state index contributed by atoms with van der Waals surface area (Å²) in [5, 5.41) is 3.53. The number of methoxy groups -OCH3 is 1. The van der Waals surface area contributed by atoms with E-state index >= 15 is 0 Å². The van der Waals surface area contributed by atoms with Crippen LogP contribution >= 0.6 is 0 Å². The average Bonchev–Trinajstić information content (AvgIpc) is 2.81. The third-order valence-electron chi connectivity index (χ3n) is 3.40. The highest BCUT2D eigenvalue weighted by Crippen LogP contribution is 2.28. The minimum atomic E-state index is 0.616. The van der Waals surface area contributed by atoms with Gasteiger partial charge in [-0.1, -0.05) is 6.07 Å². The predicted molar refractivity (Wildman–Crippen MR) is 72.0 cm³/mol. The highest BCUT2D eigenvalue weighted by molar-refractivity contribution is 5.59. The molecule has 1 aromatic rings. The van der Waals surface area contributed by atoms with E-state index in [9.17, 15) is 0 Å². The Morgan fingerprint density at radius 3 is 2.94 bits per heavy atom. The fourth-order valence-electron chi connectivity index (χ4n) is 2.44. The van der Waals surface area contributed by atoms with E-state index in [4.69, 9.17) is 4.74 Å². The Bertz CT molecular complexity index is 372. The molecule has 1 aliphatic heterocycles. The molecular formula is C14H22N2O. The molecule has 1 heterocycles. The molecule has 0 bridgehead atoms. The number of nitrogens with zero attached hydrogens (tertiary/aromatic N) is 1. The molecule has 0 radical (unpaired) electrons. The second kappa shape index (κ2) is 5.41. The molecule has 2 rings (SSSR count). The summed E-state index contributed by atoms with van der Waals surface area (Å²) >= 11 is 0. The van der Waals surface area contributed by atoms with Gasteiger partial charge in [0.2, 0.25) is 0 Å². The first-order valence-electron chi connectivity index (χ1n) is 6.30. The molecule has 94 valence electrons. The van der Waals surface area contributed by atoms with Crippen molar-refractivity contribution in [1.82, 2.24) is 5.32 Å². The van der Waals surface area contributed by atoms with E-state index in [0.717, 1.165) is 18.8 Å². The molecule has 0 spiro atoms. The van der Waals surface area contributed by atoms with Crippen LogP contribution in [0.3, 0.4) is 0 Å². The quantitative estimate of drug-likeness (QED) is 0.864. The van der Waals surface area contributed by atoms with Gasteiger partial charge in [-0.25, -0.2) is 0 Å². The van der Waals surface area contributed by atoms with E-state index in [1.54, 1.807) is 7.11 Å².